The number of pyridine rings is 1. The quantitative estimate of drug-likeness (QED) is 0.556. The topological polar surface area (TPSA) is 74.4 Å². The van der Waals surface area contributed by atoms with Gasteiger partial charge in [0.05, 0.1) is 10.6 Å². The SMILES string of the molecule is CN(C)c1ccc(-n2c(-c3cc(Cl)c(O)cc3O)nc3cccnc32)cc1. The van der Waals surface area contributed by atoms with Crippen LogP contribution in [0.2, 0.25) is 5.02 Å². The second-order valence-corrected chi connectivity index (χ2v) is 6.76. The first-order valence-electron chi connectivity index (χ1n) is 8.29. The second kappa shape index (κ2) is 6.48. The Bertz CT molecular complexity index is 1140. The Morgan fingerprint density at radius 1 is 1.00 bits per heavy atom. The lowest BCUT2D eigenvalue weighted by Gasteiger charge is -2.14. The number of nitrogens with zero attached hydrogens (tertiary/aromatic N) is 4. The number of phenols is 2. The van der Waals surface area contributed by atoms with Gasteiger partial charge in [0.1, 0.15) is 17.0 Å². The molecule has 4 rings (SSSR count). The minimum Gasteiger partial charge on any atom is -0.507 e. The van der Waals surface area contributed by atoms with Gasteiger partial charge in [-0.05, 0) is 42.5 Å². The summed E-state index contributed by atoms with van der Waals surface area (Å²) < 4.78 is 1.86. The molecule has 0 aliphatic heterocycles. The highest BCUT2D eigenvalue weighted by molar-refractivity contribution is 6.32. The van der Waals surface area contributed by atoms with Gasteiger partial charge in [-0.1, -0.05) is 11.6 Å². The third kappa shape index (κ3) is 2.94. The molecule has 0 atom stereocenters. The standard InChI is InChI=1S/C20H17ClN4O2/c1-24(2)12-5-7-13(8-6-12)25-19(23-16-4-3-9-22-20(16)25)14-10-15(21)18(27)11-17(14)26/h3-11,26-27H,1-2H3. The van der Waals surface area contributed by atoms with Crippen molar-refractivity contribution in [3.8, 4) is 28.6 Å². The molecule has 7 heteroatoms. The number of aromatic hydroxyl groups is 2. The summed E-state index contributed by atoms with van der Waals surface area (Å²) in [7, 11) is 3.95. The van der Waals surface area contributed by atoms with Crippen LogP contribution in [-0.4, -0.2) is 38.8 Å². The van der Waals surface area contributed by atoms with E-state index in [0.29, 0.717) is 22.6 Å². The molecule has 2 N–H and O–H groups in total. The van der Waals surface area contributed by atoms with E-state index in [0.717, 1.165) is 11.4 Å². The average molecular weight is 381 g/mol. The number of hydrogen-bond donors (Lipinski definition) is 2. The molecule has 0 radical (unpaired) electrons. The lowest BCUT2D eigenvalue weighted by molar-refractivity contribution is 0.451. The van der Waals surface area contributed by atoms with Crippen LogP contribution in [0.15, 0.2) is 54.7 Å². The summed E-state index contributed by atoms with van der Waals surface area (Å²) in [5.41, 5.74) is 3.67. The Kier molecular flexibility index (Phi) is 4.12. The van der Waals surface area contributed by atoms with Crippen LogP contribution in [0.3, 0.4) is 0 Å². The number of aromatic nitrogens is 3. The molecular formula is C20H17ClN4O2. The van der Waals surface area contributed by atoms with Gasteiger partial charge in [0.2, 0.25) is 0 Å². The van der Waals surface area contributed by atoms with Crippen LogP contribution < -0.4 is 4.90 Å². The van der Waals surface area contributed by atoms with E-state index < -0.39 is 0 Å². The Morgan fingerprint density at radius 2 is 1.74 bits per heavy atom. The molecule has 0 spiro atoms. The zero-order chi connectivity index (χ0) is 19.1. The molecule has 2 aromatic heterocycles. The van der Waals surface area contributed by atoms with Crippen molar-refractivity contribution in [2.75, 3.05) is 19.0 Å². The van der Waals surface area contributed by atoms with Crippen LogP contribution in [0.5, 0.6) is 11.5 Å². The lowest BCUT2D eigenvalue weighted by Crippen LogP contribution is -2.08. The van der Waals surface area contributed by atoms with Gasteiger partial charge in [-0.15, -0.1) is 0 Å². The van der Waals surface area contributed by atoms with E-state index in [1.54, 1.807) is 6.20 Å². The predicted molar refractivity (Wildman–Crippen MR) is 107 cm³/mol. The monoisotopic (exact) mass is 380 g/mol. The van der Waals surface area contributed by atoms with Crippen molar-refractivity contribution in [1.29, 1.82) is 0 Å². The summed E-state index contributed by atoms with van der Waals surface area (Å²) in [5.74, 6) is 0.188. The highest BCUT2D eigenvalue weighted by Crippen LogP contribution is 2.38. The van der Waals surface area contributed by atoms with Gasteiger partial charge in [0, 0.05) is 37.7 Å². The molecule has 2 aromatic carbocycles. The molecule has 2 heterocycles. The average Bonchev–Trinajstić information content (AvgIpc) is 3.04. The molecule has 0 amide bonds. The van der Waals surface area contributed by atoms with E-state index in [4.69, 9.17) is 11.6 Å². The Hall–Kier alpha value is -3.25. The lowest BCUT2D eigenvalue weighted by atomic mass is 10.1. The number of phenolic OH excluding ortho intramolecular Hbond substituents is 2. The summed E-state index contributed by atoms with van der Waals surface area (Å²) >= 11 is 6.07. The summed E-state index contributed by atoms with van der Waals surface area (Å²) in [6.07, 6.45) is 1.70. The number of fused-ring (bicyclic) bond motifs is 1. The zero-order valence-corrected chi connectivity index (χ0v) is 15.5. The number of imidazole rings is 1. The number of anilines is 1. The molecule has 0 aliphatic rings. The number of benzene rings is 2. The largest absolute Gasteiger partial charge is 0.507 e. The van der Waals surface area contributed by atoms with Gasteiger partial charge >= 0.3 is 0 Å². The van der Waals surface area contributed by atoms with Crippen molar-refractivity contribution < 1.29 is 10.2 Å². The fourth-order valence-corrected chi connectivity index (χ4v) is 3.13. The predicted octanol–water partition coefficient (Wildman–Crippen LogP) is 4.22. The third-order valence-electron chi connectivity index (χ3n) is 4.35. The van der Waals surface area contributed by atoms with E-state index in [9.17, 15) is 10.2 Å². The summed E-state index contributed by atoms with van der Waals surface area (Å²) in [5, 5.41) is 20.3. The van der Waals surface area contributed by atoms with E-state index >= 15 is 0 Å². The fourth-order valence-electron chi connectivity index (χ4n) is 2.97. The van der Waals surface area contributed by atoms with Crippen LogP contribution in [0.1, 0.15) is 0 Å². The van der Waals surface area contributed by atoms with E-state index in [1.807, 2.05) is 60.0 Å². The normalized spacial score (nSPS) is 11.1. The van der Waals surface area contributed by atoms with Gasteiger partial charge in [-0.25, -0.2) is 9.97 Å². The van der Waals surface area contributed by atoms with Crippen LogP contribution in [0, 0.1) is 0 Å². The van der Waals surface area contributed by atoms with Crippen LogP contribution >= 0.6 is 11.6 Å². The minimum absolute atomic E-state index is 0.113. The summed E-state index contributed by atoms with van der Waals surface area (Å²) in [6.45, 7) is 0. The van der Waals surface area contributed by atoms with E-state index in [1.165, 1.54) is 12.1 Å². The third-order valence-corrected chi connectivity index (χ3v) is 4.65. The maximum atomic E-state index is 10.4. The van der Waals surface area contributed by atoms with Crippen molar-refractivity contribution in [2.45, 2.75) is 0 Å². The van der Waals surface area contributed by atoms with Crippen LogP contribution in [0.4, 0.5) is 5.69 Å². The molecule has 4 aromatic rings. The smallest absolute Gasteiger partial charge is 0.164 e. The molecule has 0 aliphatic carbocycles. The Morgan fingerprint density at radius 3 is 2.44 bits per heavy atom. The van der Waals surface area contributed by atoms with E-state index in [-0.39, 0.29) is 16.5 Å². The van der Waals surface area contributed by atoms with Crippen molar-refractivity contribution in [1.82, 2.24) is 14.5 Å². The summed E-state index contributed by atoms with van der Waals surface area (Å²) in [4.78, 5) is 11.1. The first-order chi connectivity index (χ1) is 13.0. The molecule has 27 heavy (non-hydrogen) atoms. The van der Waals surface area contributed by atoms with Crippen molar-refractivity contribution in [2.24, 2.45) is 0 Å². The first kappa shape index (κ1) is 17.2. The van der Waals surface area contributed by atoms with E-state index in [2.05, 4.69) is 9.97 Å². The molecule has 0 saturated heterocycles. The maximum absolute atomic E-state index is 10.4. The van der Waals surface area contributed by atoms with Gasteiger partial charge < -0.3 is 15.1 Å². The minimum atomic E-state index is -0.186. The van der Waals surface area contributed by atoms with Gasteiger partial charge in [0.25, 0.3) is 0 Å². The number of rotatable bonds is 3. The van der Waals surface area contributed by atoms with Gasteiger partial charge in [-0.3, -0.25) is 4.57 Å². The van der Waals surface area contributed by atoms with Crippen molar-refractivity contribution in [3.63, 3.8) is 0 Å². The molecule has 0 unspecified atom stereocenters. The fraction of sp³-hybridized carbons (Fsp3) is 0.100. The highest BCUT2D eigenvalue weighted by atomic mass is 35.5. The zero-order valence-electron chi connectivity index (χ0n) is 14.8. The second-order valence-electron chi connectivity index (χ2n) is 6.35. The molecular weight excluding hydrogens is 364 g/mol. The highest BCUT2D eigenvalue weighted by Gasteiger charge is 2.19. The number of hydrogen-bond acceptors (Lipinski definition) is 5. The number of halogens is 1. The molecule has 0 saturated carbocycles. The van der Waals surface area contributed by atoms with Crippen molar-refractivity contribution in [3.05, 3.63) is 59.8 Å². The van der Waals surface area contributed by atoms with Gasteiger partial charge in [-0.2, -0.15) is 0 Å². The van der Waals surface area contributed by atoms with Gasteiger partial charge in [0.15, 0.2) is 11.5 Å². The molecule has 6 nitrogen and oxygen atoms in total. The Balaban J connectivity index is 1.99. The van der Waals surface area contributed by atoms with Crippen LogP contribution in [-0.2, 0) is 0 Å². The van der Waals surface area contributed by atoms with Crippen molar-refractivity contribution >= 4 is 28.5 Å². The first-order valence-corrected chi connectivity index (χ1v) is 8.66. The molecule has 0 bridgehead atoms. The molecule has 136 valence electrons. The maximum Gasteiger partial charge on any atom is 0.164 e. The summed E-state index contributed by atoms with van der Waals surface area (Å²) in [6, 6.07) is 14.3. The molecule has 0 fully saturated rings. The Labute approximate surface area is 160 Å². The van der Waals surface area contributed by atoms with Crippen LogP contribution in [0.25, 0.3) is 28.2 Å².